The van der Waals surface area contributed by atoms with E-state index >= 15 is 0 Å². The van der Waals surface area contributed by atoms with Crippen molar-refractivity contribution >= 4 is 0 Å². The van der Waals surface area contributed by atoms with Crippen LogP contribution in [0.2, 0.25) is 0 Å². The number of unbranched alkanes of at least 4 members (excludes halogenated alkanes) is 3. The molecule has 0 bridgehead atoms. The van der Waals surface area contributed by atoms with E-state index in [0.29, 0.717) is 0 Å². The molecule has 1 N–H and O–H groups in total. The van der Waals surface area contributed by atoms with Crippen LogP contribution in [0.15, 0.2) is 0 Å². The van der Waals surface area contributed by atoms with Crippen LogP contribution in [0, 0.1) is 0 Å². The smallest absolute Gasteiger partial charge is 0.0218 e. The van der Waals surface area contributed by atoms with E-state index in [1.165, 1.54) is 64.8 Å². The SMILES string of the molecule is CCC1CN(CCCCCCNC)CCN1C. The van der Waals surface area contributed by atoms with Gasteiger partial charge < -0.3 is 15.1 Å². The Hall–Kier alpha value is -0.120. The van der Waals surface area contributed by atoms with Crippen LogP contribution in [0.4, 0.5) is 0 Å². The monoisotopic (exact) mass is 241 g/mol. The summed E-state index contributed by atoms with van der Waals surface area (Å²) in [5, 5.41) is 3.21. The summed E-state index contributed by atoms with van der Waals surface area (Å²) in [5.74, 6) is 0. The number of piperazine rings is 1. The lowest BCUT2D eigenvalue weighted by Gasteiger charge is -2.39. The quantitative estimate of drug-likeness (QED) is 0.654. The third kappa shape index (κ3) is 5.84. The second-order valence-corrected chi connectivity index (χ2v) is 5.36. The first-order valence-corrected chi connectivity index (χ1v) is 7.35. The minimum atomic E-state index is 0.785. The average Bonchev–Trinajstić information content (AvgIpc) is 2.35. The molecule has 1 aliphatic heterocycles. The van der Waals surface area contributed by atoms with Crippen molar-refractivity contribution in [3.05, 3.63) is 0 Å². The molecule has 1 fully saturated rings. The Morgan fingerprint density at radius 2 is 1.88 bits per heavy atom. The highest BCUT2D eigenvalue weighted by molar-refractivity contribution is 4.78. The molecule has 3 nitrogen and oxygen atoms in total. The largest absolute Gasteiger partial charge is 0.320 e. The number of nitrogens with one attached hydrogen (secondary N) is 1. The van der Waals surface area contributed by atoms with E-state index in [-0.39, 0.29) is 0 Å². The number of nitrogens with zero attached hydrogens (tertiary/aromatic N) is 2. The van der Waals surface area contributed by atoms with Crippen molar-refractivity contribution in [2.24, 2.45) is 0 Å². The van der Waals surface area contributed by atoms with Crippen LogP contribution in [0.5, 0.6) is 0 Å². The molecule has 102 valence electrons. The fourth-order valence-corrected chi connectivity index (χ4v) is 2.65. The topological polar surface area (TPSA) is 18.5 Å². The highest BCUT2D eigenvalue weighted by Gasteiger charge is 2.21. The molecule has 0 amide bonds. The summed E-state index contributed by atoms with van der Waals surface area (Å²) >= 11 is 0. The zero-order valence-corrected chi connectivity index (χ0v) is 12.0. The van der Waals surface area contributed by atoms with E-state index in [1.54, 1.807) is 0 Å². The van der Waals surface area contributed by atoms with Gasteiger partial charge in [-0.05, 0) is 46.4 Å². The van der Waals surface area contributed by atoms with Crippen molar-refractivity contribution in [1.82, 2.24) is 15.1 Å². The minimum Gasteiger partial charge on any atom is -0.320 e. The molecule has 1 heterocycles. The number of rotatable bonds is 8. The van der Waals surface area contributed by atoms with Gasteiger partial charge in [-0.25, -0.2) is 0 Å². The first kappa shape index (κ1) is 14.9. The maximum Gasteiger partial charge on any atom is 0.0218 e. The summed E-state index contributed by atoms with van der Waals surface area (Å²) in [6.07, 6.45) is 6.77. The third-order valence-corrected chi connectivity index (χ3v) is 3.98. The predicted molar refractivity (Wildman–Crippen MR) is 75.5 cm³/mol. The summed E-state index contributed by atoms with van der Waals surface area (Å²) in [6.45, 7) is 8.59. The lowest BCUT2D eigenvalue weighted by Crippen LogP contribution is -2.51. The lowest BCUT2D eigenvalue weighted by atomic mass is 10.1. The van der Waals surface area contributed by atoms with Gasteiger partial charge in [0.05, 0.1) is 0 Å². The van der Waals surface area contributed by atoms with Gasteiger partial charge in [0, 0.05) is 25.7 Å². The van der Waals surface area contributed by atoms with Crippen molar-refractivity contribution in [2.45, 2.75) is 45.1 Å². The molecule has 1 saturated heterocycles. The molecule has 1 atom stereocenters. The molecule has 1 rings (SSSR count). The van der Waals surface area contributed by atoms with Crippen molar-refractivity contribution < 1.29 is 0 Å². The van der Waals surface area contributed by atoms with Gasteiger partial charge in [0.15, 0.2) is 0 Å². The number of likely N-dealkylation sites (N-methyl/N-ethyl adjacent to an activating group) is 1. The Balaban J connectivity index is 2.03. The van der Waals surface area contributed by atoms with E-state index < -0.39 is 0 Å². The summed E-state index contributed by atoms with van der Waals surface area (Å²) in [4.78, 5) is 5.18. The molecule has 0 radical (unpaired) electrons. The van der Waals surface area contributed by atoms with Crippen molar-refractivity contribution in [3.8, 4) is 0 Å². The van der Waals surface area contributed by atoms with Crippen LogP contribution in [-0.2, 0) is 0 Å². The summed E-state index contributed by atoms with van der Waals surface area (Å²) in [6, 6.07) is 0.785. The van der Waals surface area contributed by atoms with Crippen LogP contribution >= 0.6 is 0 Å². The Bertz CT molecular complexity index is 184. The fraction of sp³-hybridized carbons (Fsp3) is 1.00. The standard InChI is InChI=1S/C14H31N3/c1-4-14-13-17(12-11-16(14)3)10-8-6-5-7-9-15-2/h14-15H,4-13H2,1-3H3. The molecule has 0 aromatic carbocycles. The molecule has 0 aromatic heterocycles. The Morgan fingerprint density at radius 1 is 1.12 bits per heavy atom. The first-order valence-electron chi connectivity index (χ1n) is 7.35. The molecule has 1 unspecified atom stereocenters. The molecule has 1 aliphatic rings. The molecular formula is C14H31N3. The van der Waals surface area contributed by atoms with Gasteiger partial charge in [0.1, 0.15) is 0 Å². The van der Waals surface area contributed by atoms with Crippen molar-refractivity contribution in [3.63, 3.8) is 0 Å². The highest BCUT2D eigenvalue weighted by Crippen LogP contribution is 2.11. The van der Waals surface area contributed by atoms with Crippen molar-refractivity contribution in [1.29, 1.82) is 0 Å². The third-order valence-electron chi connectivity index (χ3n) is 3.98. The van der Waals surface area contributed by atoms with Crippen LogP contribution in [0.3, 0.4) is 0 Å². The maximum absolute atomic E-state index is 3.21. The molecule has 17 heavy (non-hydrogen) atoms. The predicted octanol–water partition coefficient (Wildman–Crippen LogP) is 1.79. The van der Waals surface area contributed by atoms with Crippen LogP contribution < -0.4 is 5.32 Å². The second kappa shape index (κ2) is 8.90. The molecule has 0 aliphatic carbocycles. The van der Waals surface area contributed by atoms with Crippen LogP contribution in [0.25, 0.3) is 0 Å². The Kier molecular flexibility index (Phi) is 7.82. The summed E-state index contributed by atoms with van der Waals surface area (Å²) in [5.41, 5.74) is 0. The minimum absolute atomic E-state index is 0.785. The van der Waals surface area contributed by atoms with E-state index in [2.05, 4.69) is 29.1 Å². The summed E-state index contributed by atoms with van der Waals surface area (Å²) in [7, 11) is 4.30. The van der Waals surface area contributed by atoms with Gasteiger partial charge in [0.2, 0.25) is 0 Å². The van der Waals surface area contributed by atoms with Crippen molar-refractivity contribution in [2.75, 3.05) is 46.8 Å². The van der Waals surface area contributed by atoms with Crippen LogP contribution in [0.1, 0.15) is 39.0 Å². The molecule has 0 aromatic rings. The van der Waals surface area contributed by atoms with Crippen LogP contribution in [-0.4, -0.2) is 62.7 Å². The lowest BCUT2D eigenvalue weighted by molar-refractivity contribution is 0.0919. The van der Waals surface area contributed by atoms with Gasteiger partial charge in [-0.3, -0.25) is 0 Å². The van der Waals surface area contributed by atoms with E-state index in [0.717, 1.165) is 6.04 Å². The Morgan fingerprint density at radius 3 is 2.59 bits per heavy atom. The van der Waals surface area contributed by atoms with Gasteiger partial charge >= 0.3 is 0 Å². The van der Waals surface area contributed by atoms with Gasteiger partial charge in [0.25, 0.3) is 0 Å². The highest BCUT2D eigenvalue weighted by atomic mass is 15.3. The summed E-state index contributed by atoms with van der Waals surface area (Å²) < 4.78 is 0. The molecular weight excluding hydrogens is 210 g/mol. The van der Waals surface area contributed by atoms with Gasteiger partial charge in [-0.15, -0.1) is 0 Å². The van der Waals surface area contributed by atoms with E-state index in [9.17, 15) is 0 Å². The number of hydrogen-bond donors (Lipinski definition) is 1. The molecule has 0 spiro atoms. The van der Waals surface area contributed by atoms with Gasteiger partial charge in [-0.1, -0.05) is 19.8 Å². The first-order chi connectivity index (χ1) is 8.27. The zero-order valence-electron chi connectivity index (χ0n) is 12.0. The average molecular weight is 241 g/mol. The second-order valence-electron chi connectivity index (χ2n) is 5.36. The maximum atomic E-state index is 3.21. The van der Waals surface area contributed by atoms with E-state index in [4.69, 9.17) is 0 Å². The number of hydrogen-bond acceptors (Lipinski definition) is 3. The zero-order chi connectivity index (χ0) is 12.5. The molecule has 3 heteroatoms. The van der Waals surface area contributed by atoms with Gasteiger partial charge in [-0.2, -0.15) is 0 Å². The Labute approximate surface area is 108 Å². The molecule has 0 saturated carbocycles. The van der Waals surface area contributed by atoms with E-state index in [1.807, 2.05) is 7.05 Å². The fourth-order valence-electron chi connectivity index (χ4n) is 2.65. The normalized spacial score (nSPS) is 23.1.